The van der Waals surface area contributed by atoms with Gasteiger partial charge in [0.2, 0.25) is 0 Å². The molecule has 1 amide bonds. The van der Waals surface area contributed by atoms with Crippen LogP contribution in [-0.4, -0.2) is 24.7 Å². The van der Waals surface area contributed by atoms with Crippen molar-refractivity contribution >= 4 is 11.6 Å². The molecule has 1 heterocycles. The summed E-state index contributed by atoms with van der Waals surface area (Å²) in [6.07, 6.45) is 1.19. The van der Waals surface area contributed by atoms with E-state index < -0.39 is 11.9 Å². The van der Waals surface area contributed by atoms with Crippen LogP contribution in [0.1, 0.15) is 25.3 Å². The second kappa shape index (κ2) is 6.51. The summed E-state index contributed by atoms with van der Waals surface area (Å²) in [6, 6.07) is 4.38. The number of carbonyl (C=O) groups excluding carboxylic acids is 1. The molecule has 1 aliphatic heterocycles. The Morgan fingerprint density at radius 2 is 2.35 bits per heavy atom. The summed E-state index contributed by atoms with van der Waals surface area (Å²) in [5.41, 5.74) is 5.90. The minimum absolute atomic E-state index is 0.0939. The van der Waals surface area contributed by atoms with Crippen LogP contribution in [0, 0.1) is 17.7 Å². The summed E-state index contributed by atoms with van der Waals surface area (Å²) < 4.78 is 19.2. The lowest BCUT2D eigenvalue weighted by Crippen LogP contribution is -2.27. The molecule has 3 N–H and O–H groups in total. The number of carbonyl (C=O) groups is 1. The molecule has 1 fully saturated rings. The summed E-state index contributed by atoms with van der Waals surface area (Å²) >= 11 is 0. The molecule has 0 spiro atoms. The minimum atomic E-state index is -0.482. The Kier molecular flexibility index (Phi) is 4.72. The lowest BCUT2D eigenvalue weighted by Gasteiger charge is -2.12. The number of nitrogens with two attached hydrogens (primary N) is 1. The maximum absolute atomic E-state index is 13.7. The number of hydrogen-bond donors (Lipinski definition) is 2. The van der Waals surface area contributed by atoms with Gasteiger partial charge in [-0.2, -0.15) is 0 Å². The van der Waals surface area contributed by atoms with E-state index in [1.807, 2.05) is 6.92 Å². The van der Waals surface area contributed by atoms with Crippen LogP contribution in [0.15, 0.2) is 18.2 Å². The standard InChI is InChI=1S/C15H17FN2O2/c1-10-4-7-14(20-10)15(19)18-12-6-5-11(3-2-8-17)13(16)9-12/h5-6,9-10,14H,4,7-8,17H2,1H3,(H,18,19). The Bertz CT molecular complexity index is 563. The third-order valence-corrected chi connectivity index (χ3v) is 3.09. The van der Waals surface area contributed by atoms with Crippen LogP contribution in [0.25, 0.3) is 0 Å². The molecule has 2 atom stereocenters. The number of benzene rings is 1. The number of hydrogen-bond acceptors (Lipinski definition) is 3. The summed E-state index contributed by atoms with van der Waals surface area (Å²) in [5, 5.41) is 2.65. The monoisotopic (exact) mass is 276 g/mol. The van der Waals surface area contributed by atoms with E-state index in [0.29, 0.717) is 12.1 Å². The van der Waals surface area contributed by atoms with Gasteiger partial charge in [0.1, 0.15) is 11.9 Å². The van der Waals surface area contributed by atoms with Gasteiger partial charge in [-0.05, 0) is 38.0 Å². The molecule has 5 heteroatoms. The predicted molar refractivity (Wildman–Crippen MR) is 74.5 cm³/mol. The number of anilines is 1. The van der Waals surface area contributed by atoms with Gasteiger partial charge in [0, 0.05) is 5.69 Å². The van der Waals surface area contributed by atoms with Crippen LogP contribution in [0.4, 0.5) is 10.1 Å². The molecule has 20 heavy (non-hydrogen) atoms. The van der Waals surface area contributed by atoms with Crippen molar-refractivity contribution < 1.29 is 13.9 Å². The van der Waals surface area contributed by atoms with Crippen molar-refractivity contribution in [2.24, 2.45) is 5.73 Å². The van der Waals surface area contributed by atoms with Crippen LogP contribution in [0.3, 0.4) is 0 Å². The molecule has 2 rings (SSSR count). The predicted octanol–water partition coefficient (Wildman–Crippen LogP) is 1.64. The van der Waals surface area contributed by atoms with Crippen molar-refractivity contribution in [2.45, 2.75) is 32.0 Å². The van der Waals surface area contributed by atoms with Crippen molar-refractivity contribution in [2.75, 3.05) is 11.9 Å². The molecule has 0 radical (unpaired) electrons. The third-order valence-electron chi connectivity index (χ3n) is 3.09. The van der Waals surface area contributed by atoms with Gasteiger partial charge < -0.3 is 15.8 Å². The highest BCUT2D eigenvalue weighted by Gasteiger charge is 2.28. The van der Waals surface area contributed by atoms with E-state index in [9.17, 15) is 9.18 Å². The summed E-state index contributed by atoms with van der Waals surface area (Å²) in [4.78, 5) is 11.9. The van der Waals surface area contributed by atoms with E-state index in [0.717, 1.165) is 6.42 Å². The minimum Gasteiger partial charge on any atom is -0.365 e. The van der Waals surface area contributed by atoms with E-state index in [4.69, 9.17) is 10.5 Å². The highest BCUT2D eigenvalue weighted by Crippen LogP contribution is 2.21. The van der Waals surface area contributed by atoms with Crippen molar-refractivity contribution in [1.29, 1.82) is 0 Å². The molecule has 0 aromatic heterocycles. The molecule has 2 unspecified atom stereocenters. The van der Waals surface area contributed by atoms with E-state index in [2.05, 4.69) is 17.2 Å². The van der Waals surface area contributed by atoms with E-state index in [1.165, 1.54) is 12.1 Å². The highest BCUT2D eigenvalue weighted by atomic mass is 19.1. The Morgan fingerprint density at radius 1 is 1.55 bits per heavy atom. The zero-order valence-corrected chi connectivity index (χ0v) is 11.3. The summed E-state index contributed by atoms with van der Waals surface area (Å²) in [5.74, 6) is 4.49. The Balaban J connectivity index is 2.03. The molecule has 106 valence electrons. The van der Waals surface area contributed by atoms with Gasteiger partial charge in [-0.3, -0.25) is 4.79 Å². The van der Waals surface area contributed by atoms with Crippen molar-refractivity contribution in [1.82, 2.24) is 0 Å². The molecular formula is C15H17FN2O2. The number of rotatable bonds is 2. The maximum atomic E-state index is 13.7. The Labute approximate surface area is 117 Å². The van der Waals surface area contributed by atoms with Crippen molar-refractivity contribution in [3.05, 3.63) is 29.6 Å². The van der Waals surface area contributed by atoms with Gasteiger partial charge in [0.25, 0.3) is 5.91 Å². The molecule has 0 saturated carbocycles. The number of nitrogens with one attached hydrogen (secondary N) is 1. The number of amides is 1. The van der Waals surface area contributed by atoms with E-state index >= 15 is 0 Å². The van der Waals surface area contributed by atoms with Gasteiger partial charge in [0.15, 0.2) is 0 Å². The van der Waals surface area contributed by atoms with Crippen LogP contribution >= 0.6 is 0 Å². The van der Waals surface area contributed by atoms with Crippen molar-refractivity contribution in [3.8, 4) is 11.8 Å². The van der Waals surface area contributed by atoms with Gasteiger partial charge >= 0.3 is 0 Å². The molecular weight excluding hydrogens is 259 g/mol. The first-order chi connectivity index (χ1) is 9.60. The van der Waals surface area contributed by atoms with Crippen LogP contribution < -0.4 is 11.1 Å². The van der Waals surface area contributed by atoms with Crippen LogP contribution in [0.2, 0.25) is 0 Å². The molecule has 4 nitrogen and oxygen atoms in total. The van der Waals surface area contributed by atoms with Gasteiger partial charge in [-0.1, -0.05) is 11.8 Å². The molecule has 0 bridgehead atoms. The third kappa shape index (κ3) is 3.56. The van der Waals surface area contributed by atoms with Crippen molar-refractivity contribution in [3.63, 3.8) is 0 Å². The Morgan fingerprint density at radius 3 is 2.95 bits per heavy atom. The van der Waals surface area contributed by atoms with Crippen LogP contribution in [0.5, 0.6) is 0 Å². The summed E-state index contributed by atoms with van der Waals surface area (Å²) in [7, 11) is 0. The lowest BCUT2D eigenvalue weighted by atomic mass is 10.1. The zero-order chi connectivity index (χ0) is 14.5. The fourth-order valence-electron chi connectivity index (χ4n) is 2.06. The normalized spacial score (nSPS) is 21.1. The lowest BCUT2D eigenvalue weighted by molar-refractivity contribution is -0.126. The smallest absolute Gasteiger partial charge is 0.253 e. The number of halogens is 1. The molecule has 1 aliphatic rings. The molecule has 1 saturated heterocycles. The van der Waals surface area contributed by atoms with Crippen LogP contribution in [-0.2, 0) is 9.53 Å². The number of ether oxygens (including phenoxy) is 1. The fourth-order valence-corrected chi connectivity index (χ4v) is 2.06. The Hall–Kier alpha value is -1.90. The first-order valence-electron chi connectivity index (χ1n) is 6.55. The second-order valence-corrected chi connectivity index (χ2v) is 4.70. The van der Waals surface area contributed by atoms with Gasteiger partial charge in [-0.15, -0.1) is 0 Å². The molecule has 0 aliphatic carbocycles. The first-order valence-corrected chi connectivity index (χ1v) is 6.55. The largest absolute Gasteiger partial charge is 0.365 e. The average Bonchev–Trinajstić information content (AvgIpc) is 2.85. The van der Waals surface area contributed by atoms with E-state index in [1.54, 1.807) is 6.07 Å². The second-order valence-electron chi connectivity index (χ2n) is 4.70. The maximum Gasteiger partial charge on any atom is 0.253 e. The van der Waals surface area contributed by atoms with Gasteiger partial charge in [-0.25, -0.2) is 4.39 Å². The zero-order valence-electron chi connectivity index (χ0n) is 11.3. The SMILES string of the molecule is CC1CCC(C(=O)Nc2ccc(C#CCN)c(F)c2)O1. The molecule has 1 aromatic carbocycles. The highest BCUT2D eigenvalue weighted by molar-refractivity contribution is 5.94. The molecule has 1 aromatic rings. The summed E-state index contributed by atoms with van der Waals surface area (Å²) in [6.45, 7) is 2.10. The van der Waals surface area contributed by atoms with Gasteiger partial charge in [0.05, 0.1) is 18.2 Å². The fraction of sp³-hybridized carbons (Fsp3) is 0.400. The van der Waals surface area contributed by atoms with E-state index in [-0.39, 0.29) is 24.1 Å². The quantitative estimate of drug-likeness (QED) is 0.807. The topological polar surface area (TPSA) is 64.4 Å². The average molecular weight is 276 g/mol. The first kappa shape index (κ1) is 14.5.